The van der Waals surface area contributed by atoms with Crippen LogP contribution in [0.25, 0.3) is 0 Å². The lowest BCUT2D eigenvalue weighted by molar-refractivity contribution is -0.149. The van der Waals surface area contributed by atoms with Crippen molar-refractivity contribution in [1.82, 2.24) is 4.90 Å². The van der Waals surface area contributed by atoms with E-state index in [2.05, 4.69) is 10.3 Å². The van der Waals surface area contributed by atoms with Crippen LogP contribution in [-0.2, 0) is 25.7 Å². The molecule has 150 valence electrons. The van der Waals surface area contributed by atoms with Gasteiger partial charge in [-0.1, -0.05) is 29.8 Å². The Morgan fingerprint density at radius 1 is 1.31 bits per heavy atom. The van der Waals surface area contributed by atoms with E-state index < -0.39 is 29.8 Å². The standard InChI is InChI=1S/C18H14ClN3O6S/c1-22-15(21-12(17(25)26)13(23)16(22)24)14-11(6-7-29-14)20-18(27)28-8-9-4-2-3-5-10(9)19/h2-7,12H,8H2,1H3,(H,20,27)(H,25,26). The monoisotopic (exact) mass is 435 g/mol. The topological polar surface area (TPSA) is 125 Å². The first-order valence-corrected chi connectivity index (χ1v) is 9.43. The highest BCUT2D eigenvalue weighted by Gasteiger charge is 2.40. The van der Waals surface area contributed by atoms with Crippen molar-refractivity contribution in [2.24, 2.45) is 4.99 Å². The van der Waals surface area contributed by atoms with Gasteiger partial charge in [-0.2, -0.15) is 0 Å². The molecule has 1 unspecified atom stereocenters. The largest absolute Gasteiger partial charge is 0.479 e. The summed E-state index contributed by atoms with van der Waals surface area (Å²) in [5.41, 5.74) is 0.885. The van der Waals surface area contributed by atoms with Crippen LogP contribution in [0.2, 0.25) is 5.02 Å². The number of anilines is 1. The molecular formula is C18H14ClN3O6S. The zero-order chi connectivity index (χ0) is 21.1. The number of carbonyl (C=O) groups is 4. The summed E-state index contributed by atoms with van der Waals surface area (Å²) in [5, 5.41) is 13.7. The molecule has 9 nitrogen and oxygen atoms in total. The lowest BCUT2D eigenvalue weighted by Crippen LogP contribution is -2.50. The maximum atomic E-state index is 12.2. The second-order valence-electron chi connectivity index (χ2n) is 5.88. The molecule has 1 aliphatic heterocycles. The molecule has 1 aliphatic rings. The normalized spacial score (nSPS) is 16.4. The quantitative estimate of drug-likeness (QED) is 0.548. The van der Waals surface area contributed by atoms with Crippen molar-refractivity contribution >= 4 is 58.2 Å². The number of aliphatic imine (C=N–C) groups is 1. The number of benzene rings is 1. The maximum absolute atomic E-state index is 12.2. The number of halogens is 1. The number of rotatable bonds is 5. The first-order valence-electron chi connectivity index (χ1n) is 8.17. The molecule has 1 aromatic carbocycles. The van der Waals surface area contributed by atoms with Crippen molar-refractivity contribution in [3.8, 4) is 0 Å². The number of carbonyl (C=O) groups excluding carboxylic acids is 3. The van der Waals surface area contributed by atoms with Gasteiger partial charge in [0, 0.05) is 17.6 Å². The molecule has 0 saturated heterocycles. The van der Waals surface area contributed by atoms with Gasteiger partial charge in [0.05, 0.1) is 10.6 Å². The van der Waals surface area contributed by atoms with Crippen LogP contribution in [0.15, 0.2) is 40.7 Å². The molecule has 0 saturated carbocycles. The number of Topliss-reactive ketones (excluding diaryl/α,β-unsaturated/α-hetero) is 1. The van der Waals surface area contributed by atoms with Crippen LogP contribution in [0, 0.1) is 0 Å². The number of aliphatic carboxylic acids is 1. The van der Waals surface area contributed by atoms with Crippen molar-refractivity contribution in [2.45, 2.75) is 12.6 Å². The van der Waals surface area contributed by atoms with Gasteiger partial charge in [0.15, 0.2) is 5.84 Å². The fraction of sp³-hybridized carbons (Fsp3) is 0.167. The molecule has 29 heavy (non-hydrogen) atoms. The molecule has 0 radical (unpaired) electrons. The number of ketones is 1. The summed E-state index contributed by atoms with van der Waals surface area (Å²) in [6.45, 7) is -0.0557. The van der Waals surface area contributed by atoms with Crippen LogP contribution < -0.4 is 5.32 Å². The van der Waals surface area contributed by atoms with Gasteiger partial charge in [0.25, 0.3) is 11.7 Å². The first-order chi connectivity index (χ1) is 13.8. The highest BCUT2D eigenvalue weighted by molar-refractivity contribution is 7.12. The predicted octanol–water partition coefficient (Wildman–Crippen LogP) is 2.39. The Morgan fingerprint density at radius 2 is 2.03 bits per heavy atom. The molecule has 3 rings (SSSR count). The Morgan fingerprint density at radius 3 is 2.72 bits per heavy atom. The Balaban J connectivity index is 1.78. The molecule has 2 aromatic rings. The number of thiophene rings is 1. The van der Waals surface area contributed by atoms with E-state index in [1.54, 1.807) is 35.7 Å². The molecule has 0 fully saturated rings. The summed E-state index contributed by atoms with van der Waals surface area (Å²) in [6, 6.07) is 6.62. The molecule has 2 amide bonds. The number of hydrogen-bond donors (Lipinski definition) is 2. The number of amidine groups is 1. The number of nitrogens with zero attached hydrogens (tertiary/aromatic N) is 2. The van der Waals surface area contributed by atoms with Gasteiger partial charge < -0.3 is 9.84 Å². The fourth-order valence-electron chi connectivity index (χ4n) is 2.51. The van der Waals surface area contributed by atoms with Crippen molar-refractivity contribution in [2.75, 3.05) is 12.4 Å². The number of hydrogen-bond acceptors (Lipinski definition) is 7. The van der Waals surface area contributed by atoms with Crippen molar-refractivity contribution < 1.29 is 29.0 Å². The molecule has 1 atom stereocenters. The average Bonchev–Trinajstić information content (AvgIpc) is 3.13. The van der Waals surface area contributed by atoms with Crippen molar-refractivity contribution in [1.29, 1.82) is 0 Å². The lowest BCUT2D eigenvalue weighted by atomic mass is 10.1. The van der Waals surface area contributed by atoms with Gasteiger partial charge in [-0.25, -0.2) is 14.6 Å². The summed E-state index contributed by atoms with van der Waals surface area (Å²) in [7, 11) is 1.30. The van der Waals surface area contributed by atoms with Crippen molar-refractivity contribution in [3.05, 3.63) is 51.2 Å². The molecule has 2 N–H and O–H groups in total. The minimum Gasteiger partial charge on any atom is -0.479 e. The van der Waals surface area contributed by atoms with E-state index in [0.717, 1.165) is 16.2 Å². The Bertz CT molecular complexity index is 1030. The minimum absolute atomic E-state index is 0.0293. The molecule has 11 heteroatoms. The second-order valence-corrected chi connectivity index (χ2v) is 7.20. The van der Waals surface area contributed by atoms with E-state index in [1.807, 2.05) is 0 Å². The van der Waals surface area contributed by atoms with Gasteiger partial charge in [0.2, 0.25) is 6.04 Å². The summed E-state index contributed by atoms with van der Waals surface area (Å²) < 4.78 is 5.15. The van der Waals surface area contributed by atoms with Crippen LogP contribution in [0.5, 0.6) is 0 Å². The third-order valence-electron chi connectivity index (χ3n) is 3.99. The van der Waals surface area contributed by atoms with Crippen LogP contribution >= 0.6 is 22.9 Å². The number of ether oxygens (including phenoxy) is 1. The third-order valence-corrected chi connectivity index (χ3v) is 5.27. The van der Waals surface area contributed by atoms with Gasteiger partial charge in [0.1, 0.15) is 6.61 Å². The number of nitrogens with one attached hydrogen (secondary N) is 1. The number of carboxylic acid groups (broad SMARTS) is 1. The Hall–Kier alpha value is -3.24. The van der Waals surface area contributed by atoms with Gasteiger partial charge in [-0.3, -0.25) is 19.8 Å². The smallest absolute Gasteiger partial charge is 0.412 e. The average molecular weight is 436 g/mol. The maximum Gasteiger partial charge on any atom is 0.412 e. The van der Waals surface area contributed by atoms with E-state index in [9.17, 15) is 19.2 Å². The summed E-state index contributed by atoms with van der Waals surface area (Å²) in [6.07, 6.45) is -0.777. The second kappa shape index (κ2) is 8.41. The molecule has 1 aromatic heterocycles. The minimum atomic E-state index is -1.82. The highest BCUT2D eigenvalue weighted by atomic mass is 35.5. The number of likely N-dealkylation sites (N-methyl/N-ethyl adjacent to an activating group) is 1. The SMILES string of the molecule is CN1C(=O)C(=O)C(C(=O)O)N=C1c1sccc1NC(=O)OCc1ccccc1Cl. The van der Waals surface area contributed by atoms with Crippen LogP contribution in [0.1, 0.15) is 10.4 Å². The Kier molecular flexibility index (Phi) is 5.95. The number of carboxylic acids is 1. The van der Waals surface area contributed by atoms with Crippen molar-refractivity contribution in [3.63, 3.8) is 0 Å². The van der Waals surface area contributed by atoms with Crippen LogP contribution in [0.3, 0.4) is 0 Å². The van der Waals surface area contributed by atoms with Crippen LogP contribution in [0.4, 0.5) is 10.5 Å². The molecule has 0 aliphatic carbocycles. The van der Waals surface area contributed by atoms with E-state index in [1.165, 1.54) is 7.05 Å². The first kappa shape index (κ1) is 20.5. The Labute approximate surface area is 173 Å². The zero-order valence-corrected chi connectivity index (χ0v) is 16.5. The van der Waals surface area contributed by atoms with E-state index in [-0.39, 0.29) is 18.1 Å². The summed E-state index contributed by atoms with van der Waals surface area (Å²) in [5.74, 6) is -3.69. The van der Waals surface area contributed by atoms with E-state index >= 15 is 0 Å². The predicted molar refractivity (Wildman–Crippen MR) is 105 cm³/mol. The molecule has 2 heterocycles. The van der Waals surface area contributed by atoms with E-state index in [0.29, 0.717) is 15.5 Å². The fourth-order valence-corrected chi connectivity index (χ4v) is 3.58. The van der Waals surface area contributed by atoms with Crippen LogP contribution in [-0.4, -0.2) is 52.7 Å². The third kappa shape index (κ3) is 4.28. The van der Waals surface area contributed by atoms with Gasteiger partial charge >= 0.3 is 12.1 Å². The molecule has 0 bridgehead atoms. The molecular weight excluding hydrogens is 422 g/mol. The van der Waals surface area contributed by atoms with E-state index in [4.69, 9.17) is 21.4 Å². The van der Waals surface area contributed by atoms with Gasteiger partial charge in [-0.05, 0) is 17.5 Å². The highest BCUT2D eigenvalue weighted by Crippen LogP contribution is 2.27. The summed E-state index contributed by atoms with van der Waals surface area (Å²) in [4.78, 5) is 52.5. The number of amides is 2. The lowest BCUT2D eigenvalue weighted by Gasteiger charge is -2.25. The molecule has 0 spiro atoms. The summed E-state index contributed by atoms with van der Waals surface area (Å²) >= 11 is 7.13. The van der Waals surface area contributed by atoms with Gasteiger partial charge in [-0.15, -0.1) is 11.3 Å². The zero-order valence-electron chi connectivity index (χ0n) is 14.9.